The third-order valence-electron chi connectivity index (χ3n) is 3.08. The summed E-state index contributed by atoms with van der Waals surface area (Å²) in [6, 6.07) is 13.4. The van der Waals surface area contributed by atoms with Gasteiger partial charge in [0.05, 0.1) is 12.0 Å². The van der Waals surface area contributed by atoms with E-state index in [1.807, 2.05) is 47.8 Å². The van der Waals surface area contributed by atoms with Crippen LogP contribution in [0.15, 0.2) is 47.8 Å². The zero-order valence-corrected chi connectivity index (χ0v) is 13.4. The molecule has 0 saturated heterocycles. The van der Waals surface area contributed by atoms with Crippen molar-refractivity contribution in [3.05, 3.63) is 58.3 Å². The number of hydrogen-bond donors (Lipinski definition) is 1. The lowest BCUT2D eigenvalue weighted by Gasteiger charge is -2.18. The smallest absolute Gasteiger partial charge is 0.308 e. The van der Waals surface area contributed by atoms with Crippen LogP contribution in [0.3, 0.4) is 0 Å². The van der Waals surface area contributed by atoms with Gasteiger partial charge in [0.1, 0.15) is 0 Å². The van der Waals surface area contributed by atoms with E-state index in [4.69, 9.17) is 4.74 Å². The van der Waals surface area contributed by atoms with Gasteiger partial charge in [-0.3, -0.25) is 9.59 Å². The van der Waals surface area contributed by atoms with Crippen LogP contribution in [0, 0.1) is 5.92 Å². The number of carbonyl (C=O) groups is 2. The van der Waals surface area contributed by atoms with Gasteiger partial charge < -0.3 is 10.1 Å². The van der Waals surface area contributed by atoms with Gasteiger partial charge in [-0.15, -0.1) is 11.3 Å². The van der Waals surface area contributed by atoms with Gasteiger partial charge in [-0.1, -0.05) is 50.2 Å². The molecule has 0 radical (unpaired) electrons. The van der Waals surface area contributed by atoms with Gasteiger partial charge >= 0.3 is 5.97 Å². The fourth-order valence-electron chi connectivity index (χ4n) is 1.93. The Morgan fingerprint density at radius 2 is 1.86 bits per heavy atom. The van der Waals surface area contributed by atoms with Crippen molar-refractivity contribution in [2.75, 3.05) is 6.61 Å². The summed E-state index contributed by atoms with van der Waals surface area (Å²) < 4.78 is 4.97. The number of amides is 1. The van der Waals surface area contributed by atoms with Crippen molar-refractivity contribution in [1.29, 1.82) is 0 Å². The molecule has 0 bridgehead atoms. The van der Waals surface area contributed by atoms with E-state index in [1.165, 1.54) is 0 Å². The molecule has 0 fully saturated rings. The Labute approximate surface area is 134 Å². The molecule has 2 aromatic rings. The molecular formula is C17H19NO3S. The van der Waals surface area contributed by atoms with Crippen LogP contribution in [-0.2, 0) is 14.3 Å². The molecule has 4 nitrogen and oxygen atoms in total. The lowest BCUT2D eigenvalue weighted by molar-refractivity contribution is -0.151. The van der Waals surface area contributed by atoms with Crippen LogP contribution in [-0.4, -0.2) is 18.5 Å². The summed E-state index contributed by atoms with van der Waals surface area (Å²) in [6.45, 7) is 3.21. The molecule has 1 N–H and O–H groups in total. The monoisotopic (exact) mass is 317 g/mol. The Morgan fingerprint density at radius 3 is 2.45 bits per heavy atom. The minimum atomic E-state index is -0.373. The Balaban J connectivity index is 2.05. The molecule has 0 spiro atoms. The van der Waals surface area contributed by atoms with Crippen LogP contribution < -0.4 is 5.32 Å². The Hall–Kier alpha value is -2.14. The van der Waals surface area contributed by atoms with Gasteiger partial charge in [0.2, 0.25) is 0 Å². The van der Waals surface area contributed by atoms with E-state index in [2.05, 4.69) is 5.32 Å². The van der Waals surface area contributed by atoms with Crippen molar-refractivity contribution < 1.29 is 14.3 Å². The number of esters is 1. The molecular weight excluding hydrogens is 298 g/mol. The first-order valence-electron chi connectivity index (χ1n) is 7.12. The van der Waals surface area contributed by atoms with E-state index < -0.39 is 0 Å². The molecule has 1 atom stereocenters. The molecule has 1 amide bonds. The fourth-order valence-corrected chi connectivity index (χ4v) is 2.73. The van der Waals surface area contributed by atoms with Crippen LogP contribution >= 0.6 is 11.3 Å². The highest BCUT2D eigenvalue weighted by atomic mass is 32.1. The van der Waals surface area contributed by atoms with Gasteiger partial charge in [0, 0.05) is 4.88 Å². The average molecular weight is 317 g/mol. The van der Waals surface area contributed by atoms with E-state index in [0.717, 1.165) is 10.4 Å². The number of nitrogens with one attached hydrogen (secondary N) is 1. The number of carbonyl (C=O) groups excluding carboxylic acids is 2. The second-order valence-electron chi connectivity index (χ2n) is 5.19. The van der Waals surface area contributed by atoms with Crippen molar-refractivity contribution in [3.8, 4) is 0 Å². The molecule has 1 aromatic heterocycles. The number of ether oxygens (including phenoxy) is 1. The zero-order chi connectivity index (χ0) is 15.9. The zero-order valence-electron chi connectivity index (χ0n) is 12.6. The maximum Gasteiger partial charge on any atom is 0.308 e. The van der Waals surface area contributed by atoms with Crippen molar-refractivity contribution in [3.63, 3.8) is 0 Å². The first-order chi connectivity index (χ1) is 10.6. The van der Waals surface area contributed by atoms with Crippen molar-refractivity contribution in [2.24, 2.45) is 5.92 Å². The molecule has 0 aliphatic heterocycles. The van der Waals surface area contributed by atoms with Crippen molar-refractivity contribution >= 4 is 23.2 Å². The molecule has 1 aromatic carbocycles. The predicted octanol–water partition coefficient (Wildman–Crippen LogP) is 3.15. The SMILES string of the molecule is CC(C)C(=O)OCC(=O)N[C@H](c1ccccc1)c1cccs1. The van der Waals surface area contributed by atoms with Gasteiger partial charge in [-0.05, 0) is 17.0 Å². The summed E-state index contributed by atoms with van der Waals surface area (Å²) in [6.07, 6.45) is 0. The Kier molecular flexibility index (Phi) is 5.72. The van der Waals surface area contributed by atoms with Crippen LogP contribution in [0.4, 0.5) is 0 Å². The molecule has 5 heteroatoms. The lowest BCUT2D eigenvalue weighted by Crippen LogP contribution is -2.33. The summed E-state index contributed by atoms with van der Waals surface area (Å²) >= 11 is 1.57. The highest BCUT2D eigenvalue weighted by Crippen LogP contribution is 2.25. The van der Waals surface area contributed by atoms with Crippen LogP contribution in [0.2, 0.25) is 0 Å². The Bertz CT molecular complexity index is 608. The van der Waals surface area contributed by atoms with E-state index in [1.54, 1.807) is 25.2 Å². The minimum absolute atomic E-state index is 0.230. The topological polar surface area (TPSA) is 55.4 Å². The molecule has 116 valence electrons. The highest BCUT2D eigenvalue weighted by molar-refractivity contribution is 7.10. The predicted molar refractivity (Wildman–Crippen MR) is 86.5 cm³/mol. The van der Waals surface area contributed by atoms with E-state index >= 15 is 0 Å². The number of thiophene rings is 1. The average Bonchev–Trinajstić information content (AvgIpc) is 3.05. The molecule has 0 aliphatic carbocycles. The molecule has 0 saturated carbocycles. The molecule has 0 aliphatic rings. The van der Waals surface area contributed by atoms with Gasteiger partial charge in [0.25, 0.3) is 5.91 Å². The lowest BCUT2D eigenvalue weighted by atomic mass is 10.1. The second kappa shape index (κ2) is 7.75. The molecule has 22 heavy (non-hydrogen) atoms. The summed E-state index contributed by atoms with van der Waals surface area (Å²) in [4.78, 5) is 24.5. The first-order valence-corrected chi connectivity index (χ1v) is 8.00. The van der Waals surface area contributed by atoms with E-state index in [9.17, 15) is 9.59 Å². The quantitative estimate of drug-likeness (QED) is 0.833. The maximum absolute atomic E-state index is 12.1. The normalized spacial score (nSPS) is 12.0. The second-order valence-corrected chi connectivity index (χ2v) is 6.17. The van der Waals surface area contributed by atoms with Crippen LogP contribution in [0.1, 0.15) is 30.3 Å². The van der Waals surface area contributed by atoms with E-state index in [0.29, 0.717) is 0 Å². The largest absolute Gasteiger partial charge is 0.455 e. The third-order valence-corrected chi connectivity index (χ3v) is 4.02. The van der Waals surface area contributed by atoms with Gasteiger partial charge in [-0.2, -0.15) is 0 Å². The standard InChI is InChI=1S/C17H19NO3S/c1-12(2)17(20)21-11-15(19)18-16(14-9-6-10-22-14)13-7-4-3-5-8-13/h3-10,12,16H,11H2,1-2H3,(H,18,19)/t16-/m1/s1. The third kappa shape index (κ3) is 4.43. The molecule has 2 rings (SSSR count). The highest BCUT2D eigenvalue weighted by Gasteiger charge is 2.19. The number of rotatable bonds is 6. The number of benzene rings is 1. The summed E-state index contributed by atoms with van der Waals surface area (Å²) in [7, 11) is 0. The first kappa shape index (κ1) is 16.2. The van der Waals surface area contributed by atoms with Gasteiger partial charge in [0.15, 0.2) is 6.61 Å². The van der Waals surface area contributed by atoms with Crippen LogP contribution in [0.25, 0.3) is 0 Å². The summed E-state index contributed by atoms with van der Waals surface area (Å²) in [5, 5.41) is 4.89. The van der Waals surface area contributed by atoms with Gasteiger partial charge in [-0.25, -0.2) is 0 Å². The minimum Gasteiger partial charge on any atom is -0.455 e. The summed E-state index contributed by atoms with van der Waals surface area (Å²) in [5.74, 6) is -0.922. The van der Waals surface area contributed by atoms with Crippen molar-refractivity contribution in [1.82, 2.24) is 5.32 Å². The molecule has 0 unspecified atom stereocenters. The van der Waals surface area contributed by atoms with Crippen molar-refractivity contribution in [2.45, 2.75) is 19.9 Å². The Morgan fingerprint density at radius 1 is 1.14 bits per heavy atom. The fraction of sp³-hybridized carbons (Fsp3) is 0.294. The number of hydrogen-bond acceptors (Lipinski definition) is 4. The van der Waals surface area contributed by atoms with E-state index in [-0.39, 0.29) is 30.4 Å². The van der Waals surface area contributed by atoms with Crippen LogP contribution in [0.5, 0.6) is 0 Å². The maximum atomic E-state index is 12.1. The summed E-state index contributed by atoms with van der Waals surface area (Å²) in [5.41, 5.74) is 0.994. The molecule has 1 heterocycles.